The van der Waals surface area contributed by atoms with Gasteiger partial charge in [-0.25, -0.2) is 4.39 Å². The molecule has 3 aromatic carbocycles. The molecule has 5 rings (SSSR count). The monoisotopic (exact) mass is 415 g/mol. The number of nitrogens with zero attached hydrogens (tertiary/aromatic N) is 1. The number of halogens is 2. The SMILES string of the molecule is C[C@@H](Nc1c(Cl)cnc2ccccc12)c1cc(-c2cc3ccccc3[nH]2)ccc1F. The van der Waals surface area contributed by atoms with Crippen molar-refractivity contribution in [1.82, 2.24) is 9.97 Å². The molecule has 0 aliphatic rings. The maximum Gasteiger partial charge on any atom is 0.128 e. The Morgan fingerprint density at radius 1 is 1.00 bits per heavy atom. The topological polar surface area (TPSA) is 40.7 Å². The zero-order chi connectivity index (χ0) is 20.7. The van der Waals surface area contributed by atoms with Gasteiger partial charge in [-0.1, -0.05) is 48.0 Å². The van der Waals surface area contributed by atoms with Gasteiger partial charge in [-0.2, -0.15) is 0 Å². The summed E-state index contributed by atoms with van der Waals surface area (Å²) >= 11 is 6.42. The van der Waals surface area contributed by atoms with E-state index in [0.29, 0.717) is 10.6 Å². The zero-order valence-corrected chi connectivity index (χ0v) is 17.0. The van der Waals surface area contributed by atoms with E-state index in [1.807, 2.05) is 55.5 Å². The summed E-state index contributed by atoms with van der Waals surface area (Å²) in [7, 11) is 0. The molecule has 0 amide bonds. The number of hydrogen-bond donors (Lipinski definition) is 2. The highest BCUT2D eigenvalue weighted by Crippen LogP contribution is 2.34. The molecular weight excluding hydrogens is 397 g/mol. The summed E-state index contributed by atoms with van der Waals surface area (Å²) in [5.74, 6) is -0.260. The number of aromatic amines is 1. The Labute approximate surface area is 178 Å². The van der Waals surface area contributed by atoms with E-state index in [2.05, 4.69) is 27.4 Å². The van der Waals surface area contributed by atoms with Crippen molar-refractivity contribution in [1.29, 1.82) is 0 Å². The molecule has 2 N–H and O–H groups in total. The standard InChI is InChI=1S/C25H19ClFN3/c1-15(29-25-18-7-3-5-9-23(18)28-14-20(25)26)19-12-17(10-11-21(19)27)24-13-16-6-2-4-8-22(16)30-24/h2-15,30H,1H3,(H,28,29)/t15-/m1/s1. The van der Waals surface area contributed by atoms with E-state index >= 15 is 0 Å². The van der Waals surface area contributed by atoms with E-state index in [-0.39, 0.29) is 11.9 Å². The summed E-state index contributed by atoms with van der Waals surface area (Å²) < 4.78 is 14.8. The van der Waals surface area contributed by atoms with Gasteiger partial charge >= 0.3 is 0 Å². The van der Waals surface area contributed by atoms with Crippen LogP contribution in [0.5, 0.6) is 0 Å². The fourth-order valence-electron chi connectivity index (χ4n) is 3.83. The van der Waals surface area contributed by atoms with Gasteiger partial charge < -0.3 is 10.3 Å². The molecule has 148 valence electrons. The van der Waals surface area contributed by atoms with Crippen LogP contribution in [0.1, 0.15) is 18.5 Å². The third kappa shape index (κ3) is 3.29. The second-order valence-electron chi connectivity index (χ2n) is 7.37. The third-order valence-electron chi connectivity index (χ3n) is 5.39. The van der Waals surface area contributed by atoms with Gasteiger partial charge in [0.05, 0.1) is 22.3 Å². The average molecular weight is 416 g/mol. The molecule has 2 heterocycles. The van der Waals surface area contributed by atoms with Crippen LogP contribution in [-0.4, -0.2) is 9.97 Å². The fraction of sp³-hybridized carbons (Fsp3) is 0.0800. The van der Waals surface area contributed by atoms with Crippen LogP contribution in [0.15, 0.2) is 79.0 Å². The predicted octanol–water partition coefficient (Wildman–Crippen LogP) is 7.35. The van der Waals surface area contributed by atoms with Crippen LogP contribution in [-0.2, 0) is 0 Å². The maximum atomic E-state index is 14.8. The molecule has 30 heavy (non-hydrogen) atoms. The molecule has 0 saturated heterocycles. The van der Waals surface area contributed by atoms with E-state index < -0.39 is 0 Å². The summed E-state index contributed by atoms with van der Waals surface area (Å²) in [4.78, 5) is 7.77. The Morgan fingerprint density at radius 3 is 2.67 bits per heavy atom. The zero-order valence-electron chi connectivity index (χ0n) is 16.3. The number of H-pyrrole nitrogens is 1. The van der Waals surface area contributed by atoms with Gasteiger partial charge in [-0.05, 0) is 48.9 Å². The van der Waals surface area contributed by atoms with E-state index in [1.54, 1.807) is 12.3 Å². The molecule has 0 fully saturated rings. The summed E-state index contributed by atoms with van der Waals surface area (Å²) in [6.07, 6.45) is 1.62. The van der Waals surface area contributed by atoms with E-state index in [4.69, 9.17) is 11.6 Å². The van der Waals surface area contributed by atoms with Crippen molar-refractivity contribution in [3.05, 3.63) is 95.4 Å². The molecule has 0 aliphatic heterocycles. The number of fused-ring (bicyclic) bond motifs is 2. The lowest BCUT2D eigenvalue weighted by atomic mass is 10.0. The number of benzene rings is 3. The number of hydrogen-bond acceptors (Lipinski definition) is 2. The molecular formula is C25H19ClFN3. The largest absolute Gasteiger partial charge is 0.377 e. The number of anilines is 1. The van der Waals surface area contributed by atoms with Crippen molar-refractivity contribution < 1.29 is 4.39 Å². The molecule has 0 aliphatic carbocycles. The molecule has 0 unspecified atom stereocenters. The summed E-state index contributed by atoms with van der Waals surface area (Å²) in [6, 6.07) is 22.8. The van der Waals surface area contributed by atoms with Crippen molar-refractivity contribution in [2.45, 2.75) is 13.0 Å². The van der Waals surface area contributed by atoms with Gasteiger partial charge in [0.2, 0.25) is 0 Å². The first-order valence-corrected chi connectivity index (χ1v) is 10.2. The Morgan fingerprint density at radius 2 is 1.80 bits per heavy atom. The number of para-hydroxylation sites is 2. The summed E-state index contributed by atoms with van der Waals surface area (Å²) in [5, 5.41) is 5.93. The van der Waals surface area contributed by atoms with E-state index in [9.17, 15) is 4.39 Å². The molecule has 0 radical (unpaired) electrons. The highest BCUT2D eigenvalue weighted by atomic mass is 35.5. The molecule has 3 nitrogen and oxygen atoms in total. The minimum absolute atomic E-state index is 0.260. The smallest absolute Gasteiger partial charge is 0.128 e. The van der Waals surface area contributed by atoms with E-state index in [1.165, 1.54) is 6.07 Å². The van der Waals surface area contributed by atoms with Crippen LogP contribution in [0.25, 0.3) is 33.1 Å². The predicted molar refractivity (Wildman–Crippen MR) is 122 cm³/mol. The van der Waals surface area contributed by atoms with Gasteiger partial charge in [-0.15, -0.1) is 0 Å². The van der Waals surface area contributed by atoms with Crippen LogP contribution in [0.2, 0.25) is 5.02 Å². The first-order valence-electron chi connectivity index (χ1n) is 9.77. The lowest BCUT2D eigenvalue weighted by molar-refractivity contribution is 0.600. The number of pyridine rings is 1. The number of rotatable bonds is 4. The number of nitrogens with one attached hydrogen (secondary N) is 2. The van der Waals surface area contributed by atoms with Crippen LogP contribution in [0, 0.1) is 5.82 Å². The molecule has 5 heteroatoms. The highest BCUT2D eigenvalue weighted by molar-refractivity contribution is 6.34. The third-order valence-corrected chi connectivity index (χ3v) is 5.68. The van der Waals surface area contributed by atoms with Crippen LogP contribution in [0.4, 0.5) is 10.1 Å². The van der Waals surface area contributed by atoms with Gasteiger partial charge in [0, 0.05) is 33.7 Å². The summed E-state index contributed by atoms with van der Waals surface area (Å²) in [6.45, 7) is 1.93. The van der Waals surface area contributed by atoms with Crippen molar-refractivity contribution >= 4 is 39.1 Å². The Bertz CT molecular complexity index is 1340. The van der Waals surface area contributed by atoms with Gasteiger partial charge in [-0.3, -0.25) is 4.98 Å². The van der Waals surface area contributed by atoms with Crippen molar-refractivity contribution in [3.63, 3.8) is 0 Å². The van der Waals surface area contributed by atoms with Crippen LogP contribution >= 0.6 is 11.6 Å². The molecule has 0 bridgehead atoms. The lowest BCUT2D eigenvalue weighted by Crippen LogP contribution is -2.10. The Balaban J connectivity index is 1.53. The number of aromatic nitrogens is 2. The van der Waals surface area contributed by atoms with E-state index in [0.717, 1.165) is 38.8 Å². The van der Waals surface area contributed by atoms with Crippen molar-refractivity contribution in [3.8, 4) is 11.3 Å². The van der Waals surface area contributed by atoms with Crippen molar-refractivity contribution in [2.24, 2.45) is 0 Å². The Hall–Kier alpha value is -3.37. The second kappa shape index (κ2) is 7.47. The van der Waals surface area contributed by atoms with Gasteiger partial charge in [0.25, 0.3) is 0 Å². The minimum Gasteiger partial charge on any atom is -0.377 e. The highest BCUT2D eigenvalue weighted by Gasteiger charge is 2.16. The average Bonchev–Trinajstić information content (AvgIpc) is 3.20. The minimum atomic E-state index is -0.294. The van der Waals surface area contributed by atoms with Gasteiger partial charge in [0.1, 0.15) is 5.82 Å². The van der Waals surface area contributed by atoms with Crippen LogP contribution < -0.4 is 5.32 Å². The first kappa shape index (κ1) is 18.6. The van der Waals surface area contributed by atoms with Crippen LogP contribution in [0.3, 0.4) is 0 Å². The maximum absolute atomic E-state index is 14.8. The normalized spacial score (nSPS) is 12.4. The fourth-order valence-corrected chi connectivity index (χ4v) is 4.04. The Kier molecular flexibility index (Phi) is 4.64. The summed E-state index contributed by atoms with van der Waals surface area (Å²) in [5.41, 5.74) is 5.11. The molecule has 0 spiro atoms. The molecule has 0 saturated carbocycles. The second-order valence-corrected chi connectivity index (χ2v) is 7.78. The molecule has 5 aromatic rings. The lowest BCUT2D eigenvalue weighted by Gasteiger charge is -2.19. The first-order chi connectivity index (χ1) is 14.6. The van der Waals surface area contributed by atoms with Gasteiger partial charge in [0.15, 0.2) is 0 Å². The molecule has 2 aromatic heterocycles. The molecule has 1 atom stereocenters. The van der Waals surface area contributed by atoms with Crippen molar-refractivity contribution in [2.75, 3.05) is 5.32 Å². The quantitative estimate of drug-likeness (QED) is 0.322.